The Balaban J connectivity index is 2.07. The Labute approximate surface area is 138 Å². The van der Waals surface area contributed by atoms with Crippen LogP contribution in [0.4, 0.5) is 17.2 Å². The van der Waals surface area contributed by atoms with E-state index < -0.39 is 0 Å². The highest BCUT2D eigenvalue weighted by Gasteiger charge is 2.07. The van der Waals surface area contributed by atoms with Crippen LogP contribution in [0, 0.1) is 26.7 Å². The van der Waals surface area contributed by atoms with Crippen LogP contribution in [-0.2, 0) is 4.79 Å². The molecule has 0 atom stereocenters. The van der Waals surface area contributed by atoms with Gasteiger partial charge in [0.05, 0.1) is 11.9 Å². The minimum absolute atomic E-state index is 0.00145. The second kappa shape index (κ2) is 7.27. The Bertz CT molecular complexity index is 667. The molecule has 0 saturated heterocycles. The van der Waals surface area contributed by atoms with Gasteiger partial charge in [0.2, 0.25) is 5.91 Å². The number of pyridine rings is 1. The third-order valence-corrected chi connectivity index (χ3v) is 3.57. The zero-order chi connectivity index (χ0) is 17.0. The van der Waals surface area contributed by atoms with Gasteiger partial charge in [-0.2, -0.15) is 0 Å². The molecule has 1 amide bonds. The van der Waals surface area contributed by atoms with Gasteiger partial charge in [0.15, 0.2) is 0 Å². The molecule has 4 heteroatoms. The first-order valence-corrected chi connectivity index (χ1v) is 7.96. The van der Waals surface area contributed by atoms with Crippen LogP contribution in [0.3, 0.4) is 0 Å². The van der Waals surface area contributed by atoms with Gasteiger partial charge in [-0.25, -0.2) is 4.98 Å². The minimum atomic E-state index is -0.00145. The number of carbonyl (C=O) groups excluding carboxylic acids is 1. The van der Waals surface area contributed by atoms with Crippen LogP contribution < -0.4 is 10.6 Å². The quantitative estimate of drug-likeness (QED) is 0.839. The molecule has 0 bridgehead atoms. The van der Waals surface area contributed by atoms with E-state index in [2.05, 4.69) is 48.5 Å². The van der Waals surface area contributed by atoms with Crippen LogP contribution >= 0.6 is 0 Å². The van der Waals surface area contributed by atoms with Crippen molar-refractivity contribution in [1.29, 1.82) is 0 Å². The number of benzene rings is 1. The Kier molecular flexibility index (Phi) is 5.37. The van der Waals surface area contributed by atoms with Crippen LogP contribution in [0.1, 0.15) is 37.0 Å². The highest BCUT2D eigenvalue weighted by molar-refractivity contribution is 5.90. The van der Waals surface area contributed by atoms with E-state index in [0.717, 1.165) is 11.4 Å². The van der Waals surface area contributed by atoms with Crippen LogP contribution in [-0.4, -0.2) is 10.9 Å². The molecular weight excluding hydrogens is 286 g/mol. The summed E-state index contributed by atoms with van der Waals surface area (Å²) in [5, 5.41) is 6.22. The molecule has 2 N–H and O–H groups in total. The van der Waals surface area contributed by atoms with Gasteiger partial charge in [0.25, 0.3) is 0 Å². The van der Waals surface area contributed by atoms with Crippen molar-refractivity contribution < 1.29 is 4.79 Å². The third kappa shape index (κ3) is 4.81. The zero-order valence-corrected chi connectivity index (χ0v) is 14.5. The van der Waals surface area contributed by atoms with E-state index in [9.17, 15) is 4.79 Å². The molecule has 122 valence electrons. The molecule has 23 heavy (non-hydrogen) atoms. The van der Waals surface area contributed by atoms with E-state index >= 15 is 0 Å². The third-order valence-electron chi connectivity index (χ3n) is 3.57. The summed E-state index contributed by atoms with van der Waals surface area (Å²) in [5.41, 5.74) is 5.68. The molecule has 0 aliphatic heterocycles. The number of aryl methyl sites for hydroxylation is 3. The molecular formula is C19H25N3O. The molecule has 0 radical (unpaired) electrons. The predicted molar refractivity (Wildman–Crippen MR) is 96.3 cm³/mol. The van der Waals surface area contributed by atoms with Gasteiger partial charge in [-0.1, -0.05) is 31.5 Å². The maximum absolute atomic E-state index is 11.8. The molecule has 2 aromatic rings. The molecule has 0 aliphatic rings. The Hall–Kier alpha value is -2.36. The smallest absolute Gasteiger partial charge is 0.225 e. The lowest BCUT2D eigenvalue weighted by molar-refractivity contribution is -0.116. The number of nitrogens with one attached hydrogen (secondary N) is 2. The summed E-state index contributed by atoms with van der Waals surface area (Å²) < 4.78 is 0. The second-order valence-corrected chi connectivity index (χ2v) is 6.48. The summed E-state index contributed by atoms with van der Waals surface area (Å²) in [6.45, 7) is 10.3. The highest BCUT2D eigenvalue weighted by Crippen LogP contribution is 2.26. The average molecular weight is 311 g/mol. The van der Waals surface area contributed by atoms with Crippen LogP contribution in [0.2, 0.25) is 0 Å². The van der Waals surface area contributed by atoms with Crippen molar-refractivity contribution in [3.63, 3.8) is 0 Å². The average Bonchev–Trinajstić information content (AvgIpc) is 2.43. The lowest BCUT2D eigenvalue weighted by Crippen LogP contribution is -2.14. The van der Waals surface area contributed by atoms with Gasteiger partial charge in [-0.15, -0.1) is 0 Å². The summed E-state index contributed by atoms with van der Waals surface area (Å²) in [4.78, 5) is 16.1. The summed E-state index contributed by atoms with van der Waals surface area (Å²) in [6, 6.07) is 8.06. The number of amides is 1. The number of anilines is 3. The molecule has 0 saturated carbocycles. The summed E-state index contributed by atoms with van der Waals surface area (Å²) in [7, 11) is 0. The number of aromatic nitrogens is 1. The maximum Gasteiger partial charge on any atom is 0.225 e. The van der Waals surface area contributed by atoms with Crippen molar-refractivity contribution in [1.82, 2.24) is 4.98 Å². The van der Waals surface area contributed by atoms with Crippen molar-refractivity contribution in [3.05, 3.63) is 47.2 Å². The van der Waals surface area contributed by atoms with Crippen LogP contribution in [0.25, 0.3) is 0 Å². The fourth-order valence-electron chi connectivity index (χ4n) is 2.63. The fourth-order valence-corrected chi connectivity index (χ4v) is 2.63. The first kappa shape index (κ1) is 17.0. The Morgan fingerprint density at radius 3 is 2.30 bits per heavy atom. The van der Waals surface area contributed by atoms with Gasteiger partial charge < -0.3 is 10.6 Å². The van der Waals surface area contributed by atoms with Crippen LogP contribution in [0.5, 0.6) is 0 Å². The zero-order valence-electron chi connectivity index (χ0n) is 14.5. The van der Waals surface area contributed by atoms with Crippen molar-refractivity contribution in [2.24, 2.45) is 5.92 Å². The normalized spacial score (nSPS) is 10.7. The molecule has 1 aromatic carbocycles. The molecule has 0 spiro atoms. The van der Waals surface area contributed by atoms with Crippen molar-refractivity contribution >= 4 is 23.1 Å². The molecule has 1 aromatic heterocycles. The number of carbonyl (C=O) groups is 1. The van der Waals surface area contributed by atoms with Crippen molar-refractivity contribution in [3.8, 4) is 0 Å². The molecule has 0 unspecified atom stereocenters. The largest absolute Gasteiger partial charge is 0.354 e. The Morgan fingerprint density at radius 1 is 1.13 bits per heavy atom. The molecule has 4 nitrogen and oxygen atoms in total. The monoisotopic (exact) mass is 311 g/mol. The van der Waals surface area contributed by atoms with Crippen LogP contribution in [0.15, 0.2) is 30.5 Å². The minimum Gasteiger partial charge on any atom is -0.354 e. The SMILES string of the molecule is Cc1cc(C)c(Nc2ccc(NC(=O)CC(C)C)nc2)c(C)c1. The van der Waals surface area contributed by atoms with E-state index in [1.165, 1.54) is 16.7 Å². The topological polar surface area (TPSA) is 54.0 Å². The first-order chi connectivity index (χ1) is 10.8. The first-order valence-electron chi connectivity index (χ1n) is 7.96. The van der Waals surface area contributed by atoms with Crippen molar-refractivity contribution in [2.45, 2.75) is 41.0 Å². The summed E-state index contributed by atoms with van der Waals surface area (Å²) in [5.74, 6) is 0.917. The highest BCUT2D eigenvalue weighted by atomic mass is 16.1. The van der Waals surface area contributed by atoms with Crippen molar-refractivity contribution in [2.75, 3.05) is 10.6 Å². The number of hydrogen-bond donors (Lipinski definition) is 2. The lowest BCUT2D eigenvalue weighted by atomic mass is 10.0. The van der Waals surface area contributed by atoms with E-state index in [1.54, 1.807) is 6.20 Å². The fraction of sp³-hybridized carbons (Fsp3) is 0.368. The Morgan fingerprint density at radius 2 is 1.78 bits per heavy atom. The maximum atomic E-state index is 11.8. The van der Waals surface area contributed by atoms with E-state index in [1.807, 2.05) is 26.0 Å². The second-order valence-electron chi connectivity index (χ2n) is 6.48. The van der Waals surface area contributed by atoms with Gasteiger partial charge in [-0.05, 0) is 49.9 Å². The molecule has 1 heterocycles. The molecule has 0 fully saturated rings. The standard InChI is InChI=1S/C19H25N3O/c1-12(2)8-18(23)22-17-7-6-16(11-20-17)21-19-14(4)9-13(3)10-15(19)5/h6-7,9-12,21H,8H2,1-5H3,(H,20,22,23). The van der Waals surface area contributed by atoms with Gasteiger partial charge >= 0.3 is 0 Å². The number of hydrogen-bond acceptors (Lipinski definition) is 3. The van der Waals surface area contributed by atoms with E-state index in [4.69, 9.17) is 0 Å². The number of rotatable bonds is 5. The van der Waals surface area contributed by atoms with E-state index in [0.29, 0.717) is 18.2 Å². The van der Waals surface area contributed by atoms with Gasteiger partial charge in [-0.3, -0.25) is 4.79 Å². The van der Waals surface area contributed by atoms with Gasteiger partial charge in [0, 0.05) is 12.1 Å². The predicted octanol–water partition coefficient (Wildman–Crippen LogP) is 4.74. The van der Waals surface area contributed by atoms with E-state index in [-0.39, 0.29) is 5.91 Å². The number of nitrogens with zero attached hydrogens (tertiary/aromatic N) is 1. The summed E-state index contributed by atoms with van der Waals surface area (Å²) in [6.07, 6.45) is 2.24. The molecule has 2 rings (SSSR count). The van der Waals surface area contributed by atoms with Gasteiger partial charge in [0.1, 0.15) is 5.82 Å². The lowest BCUT2D eigenvalue weighted by Gasteiger charge is -2.14. The summed E-state index contributed by atoms with van der Waals surface area (Å²) >= 11 is 0. The molecule has 0 aliphatic carbocycles.